The van der Waals surface area contributed by atoms with Crippen LogP contribution in [0.3, 0.4) is 0 Å². The van der Waals surface area contributed by atoms with Crippen molar-refractivity contribution >= 4 is 21.3 Å². The molecular formula is C24H24F3N5O3S. The molecule has 190 valence electrons. The Kier molecular flexibility index (Phi) is 6.74. The first kappa shape index (κ1) is 25.5. The van der Waals surface area contributed by atoms with E-state index in [0.29, 0.717) is 11.6 Å². The van der Waals surface area contributed by atoms with E-state index < -0.39 is 44.5 Å². The van der Waals surface area contributed by atoms with Gasteiger partial charge in [0.2, 0.25) is 0 Å². The molecule has 0 spiro atoms. The molecule has 1 aromatic carbocycles. The van der Waals surface area contributed by atoms with Crippen LogP contribution in [0.25, 0.3) is 0 Å². The van der Waals surface area contributed by atoms with Crippen molar-refractivity contribution in [2.45, 2.75) is 50.1 Å². The van der Waals surface area contributed by atoms with Crippen molar-refractivity contribution in [1.29, 1.82) is 4.78 Å². The molecule has 0 radical (unpaired) electrons. The quantitative estimate of drug-likeness (QED) is 0.422. The number of nitrogens with one attached hydrogen (secondary N) is 2. The molecule has 0 bridgehead atoms. The van der Waals surface area contributed by atoms with E-state index in [-0.39, 0.29) is 16.3 Å². The number of benzene rings is 1. The minimum Gasteiger partial charge on any atom is -0.435 e. The minimum absolute atomic E-state index is 0.151. The predicted molar refractivity (Wildman–Crippen MR) is 127 cm³/mol. The molecule has 1 amide bonds. The van der Waals surface area contributed by atoms with Gasteiger partial charge in [-0.25, -0.2) is 8.99 Å². The summed E-state index contributed by atoms with van der Waals surface area (Å²) in [5.41, 5.74) is -0.651. The number of alkyl halides is 3. The number of nitrogens with zero attached hydrogens (tertiary/aromatic N) is 3. The van der Waals surface area contributed by atoms with Crippen molar-refractivity contribution < 1.29 is 26.9 Å². The highest BCUT2D eigenvalue weighted by atomic mass is 32.2. The molecule has 2 N–H and O–H groups in total. The monoisotopic (exact) mass is 519 g/mol. The van der Waals surface area contributed by atoms with E-state index in [1.54, 1.807) is 19.1 Å². The fourth-order valence-corrected chi connectivity index (χ4v) is 4.52. The zero-order chi connectivity index (χ0) is 26.3. The molecule has 1 fully saturated rings. The number of hydrogen-bond acceptors (Lipinski definition) is 7. The first-order chi connectivity index (χ1) is 16.8. The molecule has 1 saturated carbocycles. The number of carbonyl (C=O) groups is 1. The Morgan fingerprint density at radius 3 is 2.47 bits per heavy atom. The molecule has 2 aromatic heterocycles. The molecule has 8 nitrogen and oxygen atoms in total. The zero-order valence-electron chi connectivity index (χ0n) is 19.8. The van der Waals surface area contributed by atoms with Crippen LogP contribution < -0.4 is 10.1 Å². The van der Waals surface area contributed by atoms with Crippen LogP contribution in [0.15, 0.2) is 41.3 Å². The Hall–Kier alpha value is -3.54. The van der Waals surface area contributed by atoms with Crippen molar-refractivity contribution in [2.24, 2.45) is 0 Å². The number of carbonyl (C=O) groups excluding carboxylic acids is 1. The van der Waals surface area contributed by atoms with Gasteiger partial charge in [-0.05, 0) is 62.6 Å². The van der Waals surface area contributed by atoms with Crippen LogP contribution in [0.1, 0.15) is 58.2 Å². The Morgan fingerprint density at radius 1 is 1.17 bits per heavy atom. The third-order valence-electron chi connectivity index (χ3n) is 6.01. The molecule has 4 rings (SSSR count). The second-order valence-electron chi connectivity index (χ2n) is 8.73. The first-order valence-corrected chi connectivity index (χ1v) is 13.1. The van der Waals surface area contributed by atoms with Crippen LogP contribution in [0.5, 0.6) is 11.6 Å². The Morgan fingerprint density at radius 2 is 1.89 bits per heavy atom. The standard InChI is InChI=1S/C24H24F3N5O3S/c1-13-20(22(33)30-16-8-5-9-17(12-16)36(3,28)34)23(32-31-21(13)24(25,26)27)35-19-11-10-18(29-14(19)2)15-6-4-7-15/h5,8-12,15,28H,4,6-7H2,1-3H3,(H,30,33). The van der Waals surface area contributed by atoms with Gasteiger partial charge in [-0.15, -0.1) is 10.2 Å². The van der Waals surface area contributed by atoms with Crippen molar-refractivity contribution in [3.63, 3.8) is 0 Å². The summed E-state index contributed by atoms with van der Waals surface area (Å²) in [5.74, 6) is -0.716. The van der Waals surface area contributed by atoms with Gasteiger partial charge in [0.05, 0.1) is 15.4 Å². The van der Waals surface area contributed by atoms with Gasteiger partial charge in [-0.1, -0.05) is 12.5 Å². The smallest absolute Gasteiger partial charge is 0.435 e. The molecule has 2 heterocycles. The number of pyridine rings is 1. The van der Waals surface area contributed by atoms with Crippen molar-refractivity contribution in [2.75, 3.05) is 11.6 Å². The molecule has 3 aromatic rings. The van der Waals surface area contributed by atoms with Crippen LogP contribution in [0.4, 0.5) is 18.9 Å². The van der Waals surface area contributed by atoms with Gasteiger partial charge < -0.3 is 10.1 Å². The number of aromatic nitrogens is 3. The average Bonchev–Trinajstić information content (AvgIpc) is 2.73. The summed E-state index contributed by atoms with van der Waals surface area (Å²) >= 11 is 0. The van der Waals surface area contributed by atoms with Crippen molar-refractivity contribution in [3.05, 3.63) is 64.6 Å². The number of hydrogen-bond donors (Lipinski definition) is 2. The Balaban J connectivity index is 1.72. The Bertz CT molecular complexity index is 1440. The van der Waals surface area contributed by atoms with Crippen LogP contribution in [0, 0.1) is 18.6 Å². The molecular weight excluding hydrogens is 495 g/mol. The largest absolute Gasteiger partial charge is 0.435 e. The lowest BCUT2D eigenvalue weighted by atomic mass is 9.82. The summed E-state index contributed by atoms with van der Waals surface area (Å²) in [4.78, 5) is 17.9. The summed E-state index contributed by atoms with van der Waals surface area (Å²) in [6.45, 7) is 2.82. The van der Waals surface area contributed by atoms with Crippen LogP contribution in [-0.4, -0.2) is 31.6 Å². The maximum atomic E-state index is 13.5. The van der Waals surface area contributed by atoms with E-state index >= 15 is 0 Å². The first-order valence-electron chi connectivity index (χ1n) is 11.1. The van der Waals surface area contributed by atoms with E-state index in [4.69, 9.17) is 9.52 Å². The third kappa shape index (κ3) is 5.32. The summed E-state index contributed by atoms with van der Waals surface area (Å²) < 4.78 is 66.2. The maximum Gasteiger partial charge on any atom is 0.435 e. The lowest BCUT2D eigenvalue weighted by Crippen LogP contribution is -2.21. The van der Waals surface area contributed by atoms with Gasteiger partial charge in [0.15, 0.2) is 11.4 Å². The van der Waals surface area contributed by atoms with Crippen molar-refractivity contribution in [3.8, 4) is 11.6 Å². The summed E-state index contributed by atoms with van der Waals surface area (Å²) in [6, 6.07) is 9.19. The van der Waals surface area contributed by atoms with E-state index in [0.717, 1.165) is 31.9 Å². The summed E-state index contributed by atoms with van der Waals surface area (Å²) in [7, 11) is -3.08. The van der Waals surface area contributed by atoms with Crippen LogP contribution >= 0.6 is 0 Å². The lowest BCUT2D eigenvalue weighted by molar-refractivity contribution is -0.142. The number of rotatable bonds is 6. The zero-order valence-corrected chi connectivity index (χ0v) is 20.6. The number of amides is 1. The number of anilines is 1. The highest BCUT2D eigenvalue weighted by Gasteiger charge is 2.38. The van der Waals surface area contributed by atoms with Gasteiger partial charge in [-0.3, -0.25) is 9.78 Å². The normalized spacial score (nSPS) is 15.6. The molecule has 1 unspecified atom stereocenters. The van der Waals surface area contributed by atoms with Gasteiger partial charge in [0.25, 0.3) is 11.8 Å². The number of halogens is 3. The molecule has 0 saturated heterocycles. The van der Waals surface area contributed by atoms with E-state index in [1.807, 2.05) is 0 Å². The molecule has 12 heteroatoms. The number of ether oxygens (including phenoxy) is 1. The van der Waals surface area contributed by atoms with Gasteiger partial charge in [0.1, 0.15) is 5.56 Å². The lowest BCUT2D eigenvalue weighted by Gasteiger charge is -2.25. The van der Waals surface area contributed by atoms with Crippen LogP contribution in [0.2, 0.25) is 0 Å². The maximum absolute atomic E-state index is 13.5. The molecule has 1 aliphatic carbocycles. The topological polar surface area (TPSA) is 118 Å². The molecule has 0 aliphatic heterocycles. The number of aryl methyl sites for hydroxylation is 1. The average molecular weight is 520 g/mol. The fraction of sp³-hybridized carbons (Fsp3) is 0.333. The molecule has 1 atom stereocenters. The second-order valence-corrected chi connectivity index (χ2v) is 10.9. The fourth-order valence-electron chi connectivity index (χ4n) is 3.83. The second kappa shape index (κ2) is 9.49. The van der Waals surface area contributed by atoms with Gasteiger partial charge in [-0.2, -0.15) is 13.2 Å². The van der Waals surface area contributed by atoms with E-state index in [9.17, 15) is 22.2 Å². The van der Waals surface area contributed by atoms with E-state index in [1.165, 1.54) is 30.5 Å². The van der Waals surface area contributed by atoms with Gasteiger partial charge in [0, 0.05) is 28.5 Å². The molecule has 36 heavy (non-hydrogen) atoms. The minimum atomic E-state index is -4.84. The summed E-state index contributed by atoms with van der Waals surface area (Å²) in [5, 5.41) is 9.36. The highest BCUT2D eigenvalue weighted by Crippen LogP contribution is 2.38. The highest BCUT2D eigenvalue weighted by molar-refractivity contribution is 7.91. The van der Waals surface area contributed by atoms with Crippen LogP contribution in [-0.2, 0) is 15.9 Å². The third-order valence-corrected chi connectivity index (χ3v) is 7.16. The Labute approximate surface area is 206 Å². The predicted octanol–water partition coefficient (Wildman–Crippen LogP) is 5.85. The van der Waals surface area contributed by atoms with E-state index in [2.05, 4.69) is 20.5 Å². The SMILES string of the molecule is Cc1nc(C2CCC2)ccc1Oc1nnc(C(F)(F)F)c(C)c1C(=O)Nc1cccc(S(C)(=N)=O)c1. The summed E-state index contributed by atoms with van der Waals surface area (Å²) in [6.07, 6.45) is -0.378. The molecule has 1 aliphatic rings. The van der Waals surface area contributed by atoms with Crippen molar-refractivity contribution in [1.82, 2.24) is 15.2 Å². The van der Waals surface area contributed by atoms with Gasteiger partial charge >= 0.3 is 6.18 Å².